The molecule has 90 valence electrons. The highest BCUT2D eigenvalue weighted by Crippen LogP contribution is 2.30. The maximum atomic E-state index is 11.7. The van der Waals surface area contributed by atoms with Gasteiger partial charge in [0.05, 0.1) is 19.1 Å². The van der Waals surface area contributed by atoms with Crippen molar-refractivity contribution in [2.45, 2.75) is 43.7 Å². The quantitative estimate of drug-likeness (QED) is 0.645. The van der Waals surface area contributed by atoms with Crippen molar-refractivity contribution in [2.75, 3.05) is 13.7 Å². The Balaban J connectivity index is 2.04. The number of hydrogen-bond donors (Lipinski definition) is 2. The Labute approximate surface area is 94.8 Å². The van der Waals surface area contributed by atoms with Crippen LogP contribution >= 0.6 is 0 Å². The fourth-order valence-electron chi connectivity index (χ4n) is 2.64. The van der Waals surface area contributed by atoms with Crippen LogP contribution in [0.2, 0.25) is 0 Å². The molecule has 1 saturated carbocycles. The van der Waals surface area contributed by atoms with Crippen LogP contribution < -0.4 is 5.32 Å². The predicted octanol–water partition coefficient (Wildman–Crippen LogP) is -0.362. The van der Waals surface area contributed by atoms with E-state index < -0.39 is 6.04 Å². The molecule has 0 aromatic rings. The first-order valence-corrected chi connectivity index (χ1v) is 5.77. The van der Waals surface area contributed by atoms with Crippen molar-refractivity contribution in [3.63, 3.8) is 0 Å². The molecule has 0 bridgehead atoms. The highest BCUT2D eigenvalue weighted by molar-refractivity contribution is 6.05. The SMILES string of the molecule is CN1C(=O)CC(NC2(CO)CCCC2)C1=O. The average molecular weight is 226 g/mol. The molecule has 2 amide bonds. The van der Waals surface area contributed by atoms with Gasteiger partial charge in [-0.1, -0.05) is 12.8 Å². The molecule has 0 aromatic heterocycles. The van der Waals surface area contributed by atoms with E-state index in [0.717, 1.165) is 30.6 Å². The van der Waals surface area contributed by atoms with E-state index in [1.165, 1.54) is 7.05 Å². The summed E-state index contributed by atoms with van der Waals surface area (Å²) in [6, 6.07) is -0.442. The van der Waals surface area contributed by atoms with Gasteiger partial charge in [0.25, 0.3) is 0 Å². The number of amides is 2. The van der Waals surface area contributed by atoms with Crippen LogP contribution in [0.4, 0.5) is 0 Å². The number of imide groups is 1. The summed E-state index contributed by atoms with van der Waals surface area (Å²) in [5.74, 6) is -0.321. The van der Waals surface area contributed by atoms with Crippen LogP contribution in [-0.2, 0) is 9.59 Å². The zero-order valence-electron chi connectivity index (χ0n) is 9.53. The Morgan fingerprint density at radius 1 is 1.44 bits per heavy atom. The number of carbonyl (C=O) groups is 2. The second-order valence-corrected chi connectivity index (χ2v) is 4.84. The van der Waals surface area contributed by atoms with Crippen LogP contribution in [0, 0.1) is 0 Å². The number of hydrogen-bond acceptors (Lipinski definition) is 4. The molecular weight excluding hydrogens is 208 g/mol. The van der Waals surface area contributed by atoms with Crippen molar-refractivity contribution in [3.8, 4) is 0 Å². The molecule has 2 N–H and O–H groups in total. The molecule has 5 heteroatoms. The minimum absolute atomic E-state index is 0.0364. The molecule has 2 fully saturated rings. The zero-order chi connectivity index (χ0) is 11.8. The topological polar surface area (TPSA) is 69.6 Å². The number of likely N-dealkylation sites (tertiary alicyclic amines) is 1. The second-order valence-electron chi connectivity index (χ2n) is 4.84. The molecule has 2 rings (SSSR count). The third-order valence-corrected chi connectivity index (χ3v) is 3.73. The van der Waals surface area contributed by atoms with E-state index in [0.29, 0.717) is 0 Å². The minimum Gasteiger partial charge on any atom is -0.394 e. The van der Waals surface area contributed by atoms with Crippen LogP contribution in [0.25, 0.3) is 0 Å². The summed E-state index contributed by atoms with van der Waals surface area (Å²) >= 11 is 0. The average Bonchev–Trinajstić information content (AvgIpc) is 2.83. The van der Waals surface area contributed by atoms with Gasteiger partial charge in [-0.05, 0) is 12.8 Å². The van der Waals surface area contributed by atoms with E-state index in [1.807, 2.05) is 0 Å². The highest BCUT2D eigenvalue weighted by atomic mass is 16.3. The van der Waals surface area contributed by atoms with Crippen LogP contribution in [0.3, 0.4) is 0 Å². The number of aliphatic hydroxyl groups excluding tert-OH is 1. The van der Waals surface area contributed by atoms with Crippen LogP contribution in [0.1, 0.15) is 32.1 Å². The van der Waals surface area contributed by atoms with Gasteiger partial charge in [-0.25, -0.2) is 0 Å². The van der Waals surface area contributed by atoms with E-state index in [9.17, 15) is 14.7 Å². The number of aliphatic hydroxyl groups is 1. The number of nitrogens with zero attached hydrogens (tertiary/aromatic N) is 1. The summed E-state index contributed by atoms with van der Waals surface area (Å²) in [5, 5.41) is 12.6. The molecule has 16 heavy (non-hydrogen) atoms. The Kier molecular flexibility index (Phi) is 2.99. The van der Waals surface area contributed by atoms with Crippen LogP contribution in [0.15, 0.2) is 0 Å². The number of likely N-dealkylation sites (N-methyl/N-ethyl adjacent to an activating group) is 1. The fourth-order valence-corrected chi connectivity index (χ4v) is 2.64. The van der Waals surface area contributed by atoms with Crippen LogP contribution in [0.5, 0.6) is 0 Å². The monoisotopic (exact) mass is 226 g/mol. The van der Waals surface area contributed by atoms with Gasteiger partial charge < -0.3 is 5.11 Å². The standard InChI is InChI=1S/C11H18N2O3/c1-13-9(15)6-8(10(13)16)12-11(7-14)4-2-3-5-11/h8,12,14H,2-7H2,1H3. The second kappa shape index (κ2) is 4.14. The number of rotatable bonds is 3. The smallest absolute Gasteiger partial charge is 0.246 e. The van der Waals surface area contributed by atoms with Crippen molar-refractivity contribution in [2.24, 2.45) is 0 Å². The molecule has 2 aliphatic rings. The van der Waals surface area contributed by atoms with E-state index in [-0.39, 0.29) is 30.4 Å². The molecule has 0 spiro atoms. The van der Waals surface area contributed by atoms with E-state index >= 15 is 0 Å². The Bertz CT molecular complexity index is 310. The zero-order valence-corrected chi connectivity index (χ0v) is 9.53. The molecular formula is C11H18N2O3. The van der Waals surface area contributed by atoms with Crippen molar-refractivity contribution < 1.29 is 14.7 Å². The highest BCUT2D eigenvalue weighted by Gasteiger charge is 2.42. The maximum absolute atomic E-state index is 11.7. The van der Waals surface area contributed by atoms with Crippen LogP contribution in [-0.4, -0.2) is 47.1 Å². The van der Waals surface area contributed by atoms with E-state index in [4.69, 9.17) is 0 Å². The van der Waals surface area contributed by atoms with Gasteiger partial charge in [0, 0.05) is 12.6 Å². The van der Waals surface area contributed by atoms with Crippen molar-refractivity contribution in [1.82, 2.24) is 10.2 Å². The van der Waals surface area contributed by atoms with Crippen molar-refractivity contribution >= 4 is 11.8 Å². The summed E-state index contributed by atoms with van der Waals surface area (Å²) in [6.45, 7) is 0.0364. The van der Waals surface area contributed by atoms with Gasteiger partial charge in [-0.15, -0.1) is 0 Å². The largest absolute Gasteiger partial charge is 0.394 e. The molecule has 1 atom stereocenters. The van der Waals surface area contributed by atoms with Gasteiger partial charge in [0.1, 0.15) is 0 Å². The molecule has 1 aliphatic heterocycles. The fraction of sp³-hybridized carbons (Fsp3) is 0.818. The van der Waals surface area contributed by atoms with Gasteiger partial charge in [0.2, 0.25) is 11.8 Å². The Morgan fingerprint density at radius 2 is 2.06 bits per heavy atom. The lowest BCUT2D eigenvalue weighted by Crippen LogP contribution is -2.53. The van der Waals surface area contributed by atoms with Gasteiger partial charge in [-0.2, -0.15) is 0 Å². The summed E-state index contributed by atoms with van der Waals surface area (Å²) in [6.07, 6.45) is 4.12. The first-order valence-electron chi connectivity index (χ1n) is 5.77. The summed E-state index contributed by atoms with van der Waals surface area (Å²) in [7, 11) is 1.51. The molecule has 0 radical (unpaired) electrons. The molecule has 0 aromatic carbocycles. The van der Waals surface area contributed by atoms with E-state index in [1.54, 1.807) is 0 Å². The minimum atomic E-state index is -0.442. The lowest BCUT2D eigenvalue weighted by molar-refractivity contribution is -0.137. The third kappa shape index (κ3) is 1.85. The lowest BCUT2D eigenvalue weighted by Gasteiger charge is -2.30. The maximum Gasteiger partial charge on any atom is 0.246 e. The summed E-state index contributed by atoms with van der Waals surface area (Å²) in [4.78, 5) is 24.3. The normalized spacial score (nSPS) is 29.1. The van der Waals surface area contributed by atoms with E-state index in [2.05, 4.69) is 5.32 Å². The first-order chi connectivity index (χ1) is 7.58. The van der Waals surface area contributed by atoms with Gasteiger partial charge >= 0.3 is 0 Å². The Morgan fingerprint density at radius 3 is 2.50 bits per heavy atom. The Hall–Kier alpha value is -0.940. The van der Waals surface area contributed by atoms with Gasteiger partial charge in [-0.3, -0.25) is 19.8 Å². The molecule has 5 nitrogen and oxygen atoms in total. The summed E-state index contributed by atoms with van der Waals surface area (Å²) in [5.41, 5.74) is -0.341. The number of carbonyl (C=O) groups excluding carboxylic acids is 2. The van der Waals surface area contributed by atoms with Crippen molar-refractivity contribution in [3.05, 3.63) is 0 Å². The van der Waals surface area contributed by atoms with Gasteiger partial charge in [0.15, 0.2) is 0 Å². The molecule has 1 aliphatic carbocycles. The first kappa shape index (κ1) is 11.5. The number of nitrogens with one attached hydrogen (secondary N) is 1. The predicted molar refractivity (Wildman–Crippen MR) is 57.6 cm³/mol. The summed E-state index contributed by atoms with van der Waals surface area (Å²) < 4.78 is 0. The molecule has 1 saturated heterocycles. The lowest BCUT2D eigenvalue weighted by atomic mass is 9.97. The third-order valence-electron chi connectivity index (χ3n) is 3.73. The molecule has 1 unspecified atom stereocenters. The van der Waals surface area contributed by atoms with Crippen molar-refractivity contribution in [1.29, 1.82) is 0 Å². The molecule has 1 heterocycles.